The number of fused-ring (bicyclic) bond motifs is 1. The van der Waals surface area contributed by atoms with Gasteiger partial charge in [0.05, 0.1) is 12.1 Å². The summed E-state index contributed by atoms with van der Waals surface area (Å²) in [6, 6.07) is 9.40. The van der Waals surface area contributed by atoms with Gasteiger partial charge in [-0.15, -0.1) is 25.6 Å². The van der Waals surface area contributed by atoms with Crippen LogP contribution in [0.1, 0.15) is 18.9 Å². The maximum Gasteiger partial charge on any atom is 0.572 e. The summed E-state index contributed by atoms with van der Waals surface area (Å²) in [5, 5.41) is 14.7. The van der Waals surface area contributed by atoms with Gasteiger partial charge in [-0.2, -0.15) is 0 Å². The molecule has 1 aliphatic rings. The van der Waals surface area contributed by atoms with Crippen LogP contribution in [0.3, 0.4) is 0 Å². The van der Waals surface area contributed by atoms with Crippen molar-refractivity contribution in [3.05, 3.63) is 60.0 Å². The van der Waals surface area contributed by atoms with Gasteiger partial charge in [0.25, 0.3) is 0 Å². The van der Waals surface area contributed by atoms with E-state index in [1.807, 2.05) is 41.1 Å². The molecule has 1 aromatic heterocycles. The van der Waals surface area contributed by atoms with Crippen molar-refractivity contribution in [2.45, 2.75) is 31.3 Å². The molecule has 0 saturated heterocycles. The van der Waals surface area contributed by atoms with Gasteiger partial charge in [-0.05, 0) is 42.6 Å². The summed E-state index contributed by atoms with van der Waals surface area (Å²) in [5.74, 6) is -0.111. The summed E-state index contributed by atoms with van der Waals surface area (Å²) in [4.78, 5) is 0. The molecule has 1 aliphatic carbocycles. The number of rotatable bonds is 6. The van der Waals surface area contributed by atoms with E-state index in [2.05, 4.69) is 10.1 Å². The second-order valence-electron chi connectivity index (χ2n) is 6.27. The van der Waals surface area contributed by atoms with Crippen molar-refractivity contribution in [1.82, 2.24) is 9.88 Å². The van der Waals surface area contributed by atoms with E-state index in [9.17, 15) is 18.3 Å². The predicted octanol–water partition coefficient (Wildman–Crippen LogP) is 4.33. The lowest BCUT2D eigenvalue weighted by atomic mass is 9.92. The van der Waals surface area contributed by atoms with Crippen molar-refractivity contribution >= 4 is 23.3 Å². The van der Waals surface area contributed by atoms with Crippen LogP contribution in [0.2, 0.25) is 0 Å². The van der Waals surface area contributed by atoms with Crippen molar-refractivity contribution in [2.75, 3.05) is 13.6 Å². The highest BCUT2D eigenvalue weighted by molar-refractivity contribution is 5.85. The first-order valence-corrected chi connectivity index (χ1v) is 8.42. The van der Waals surface area contributed by atoms with E-state index in [0.29, 0.717) is 13.0 Å². The molecule has 27 heavy (non-hydrogen) atoms. The SMILES string of the molecule is CNCC(O)[C@H](C1=CC=C(OC(F)(F)F)CC1)n1ccc2ccccc21.Cl. The average molecular weight is 403 g/mol. The number of aliphatic hydroxyl groups is 1. The summed E-state index contributed by atoms with van der Waals surface area (Å²) >= 11 is 0. The van der Waals surface area contributed by atoms with Crippen molar-refractivity contribution < 1.29 is 23.0 Å². The number of para-hydroxylation sites is 1. The topological polar surface area (TPSA) is 46.4 Å². The van der Waals surface area contributed by atoms with Crippen LogP contribution in [0.4, 0.5) is 13.2 Å². The molecule has 1 heterocycles. The summed E-state index contributed by atoms with van der Waals surface area (Å²) in [6.07, 6.45) is 0.00698. The average Bonchev–Trinajstić information content (AvgIpc) is 3.00. The molecule has 2 aromatic rings. The highest BCUT2D eigenvalue weighted by Crippen LogP contribution is 2.35. The zero-order valence-corrected chi connectivity index (χ0v) is 15.6. The zero-order valence-electron chi connectivity index (χ0n) is 14.7. The molecule has 3 rings (SSSR count). The van der Waals surface area contributed by atoms with Gasteiger partial charge in [-0.1, -0.05) is 24.3 Å². The van der Waals surface area contributed by atoms with E-state index < -0.39 is 12.5 Å². The minimum atomic E-state index is -4.68. The third kappa shape index (κ3) is 5.06. The van der Waals surface area contributed by atoms with Crippen molar-refractivity contribution in [3.63, 3.8) is 0 Å². The van der Waals surface area contributed by atoms with Crippen LogP contribution < -0.4 is 5.32 Å². The Morgan fingerprint density at radius 1 is 1.19 bits per heavy atom. The van der Waals surface area contributed by atoms with Gasteiger partial charge >= 0.3 is 6.36 Å². The van der Waals surface area contributed by atoms with E-state index in [1.165, 1.54) is 6.08 Å². The van der Waals surface area contributed by atoms with Crippen LogP contribution in [0.15, 0.2) is 60.0 Å². The third-order valence-corrected chi connectivity index (χ3v) is 4.48. The van der Waals surface area contributed by atoms with Crippen molar-refractivity contribution in [1.29, 1.82) is 0 Å². The first-order valence-electron chi connectivity index (χ1n) is 8.42. The molecule has 2 N–H and O–H groups in total. The molecule has 1 unspecified atom stereocenters. The normalized spacial score (nSPS) is 16.9. The van der Waals surface area contributed by atoms with Crippen LogP contribution >= 0.6 is 12.4 Å². The summed E-state index contributed by atoms with van der Waals surface area (Å²) < 4.78 is 43.1. The number of alkyl halides is 3. The number of benzene rings is 1. The molecule has 0 bridgehead atoms. The lowest BCUT2D eigenvalue weighted by Gasteiger charge is -2.30. The standard InChI is InChI=1S/C19H21F3N2O2.ClH/c1-23-12-17(25)18(24-11-10-13-4-2-3-5-16(13)24)14-6-8-15(9-7-14)26-19(20,21)22;/h2-6,8,10-11,17-18,23,25H,7,9,12H2,1H3;1H/t17?,18-;/m0./s1. The summed E-state index contributed by atoms with van der Waals surface area (Å²) in [7, 11) is 1.75. The molecule has 0 aliphatic heterocycles. The Bertz CT molecular complexity index is 830. The van der Waals surface area contributed by atoms with Crippen LogP contribution in [0.5, 0.6) is 0 Å². The van der Waals surface area contributed by atoms with Gasteiger partial charge in [0.1, 0.15) is 5.76 Å². The lowest BCUT2D eigenvalue weighted by molar-refractivity contribution is -0.306. The number of ether oxygens (including phenoxy) is 1. The monoisotopic (exact) mass is 402 g/mol. The maximum absolute atomic E-state index is 12.4. The number of nitrogens with zero attached hydrogens (tertiary/aromatic N) is 1. The molecular formula is C19H22ClF3N2O2. The van der Waals surface area contributed by atoms with E-state index in [4.69, 9.17) is 0 Å². The van der Waals surface area contributed by atoms with Gasteiger partial charge in [0, 0.05) is 24.7 Å². The Hall–Kier alpha value is -1.96. The number of aromatic nitrogens is 1. The van der Waals surface area contributed by atoms with Gasteiger partial charge in [-0.25, -0.2) is 0 Å². The fourth-order valence-corrected chi connectivity index (χ4v) is 3.39. The highest BCUT2D eigenvalue weighted by Gasteiger charge is 2.33. The smallest absolute Gasteiger partial charge is 0.410 e. The molecule has 0 radical (unpaired) electrons. The number of allylic oxidation sites excluding steroid dienone is 3. The first kappa shape index (κ1) is 21.3. The largest absolute Gasteiger partial charge is 0.572 e. The minimum Gasteiger partial charge on any atom is -0.410 e. The Morgan fingerprint density at radius 3 is 2.56 bits per heavy atom. The van der Waals surface area contributed by atoms with Gasteiger partial charge in [0.15, 0.2) is 0 Å². The molecule has 0 amide bonds. The lowest BCUT2D eigenvalue weighted by Crippen LogP contribution is -2.34. The van der Waals surface area contributed by atoms with Crippen LogP contribution in [-0.2, 0) is 4.74 Å². The second kappa shape index (κ2) is 8.82. The number of nitrogens with one attached hydrogen (secondary N) is 1. The molecule has 0 spiro atoms. The van der Waals surface area contributed by atoms with E-state index in [-0.39, 0.29) is 30.6 Å². The molecule has 4 nitrogen and oxygen atoms in total. The van der Waals surface area contributed by atoms with E-state index in [0.717, 1.165) is 16.5 Å². The number of likely N-dealkylation sites (N-methyl/N-ethyl adjacent to an activating group) is 1. The number of hydrogen-bond donors (Lipinski definition) is 2. The van der Waals surface area contributed by atoms with Gasteiger partial charge in [0.2, 0.25) is 0 Å². The third-order valence-electron chi connectivity index (χ3n) is 4.48. The molecule has 0 fully saturated rings. The Labute approximate surface area is 161 Å². The van der Waals surface area contributed by atoms with Crippen LogP contribution in [-0.4, -0.2) is 35.7 Å². The molecule has 148 valence electrons. The number of hydrogen-bond acceptors (Lipinski definition) is 3. The first-order chi connectivity index (χ1) is 12.4. The molecule has 1 aromatic carbocycles. The highest BCUT2D eigenvalue weighted by atomic mass is 35.5. The maximum atomic E-state index is 12.4. The fraction of sp³-hybridized carbons (Fsp3) is 0.368. The Balaban J connectivity index is 0.00000261. The quantitative estimate of drug-likeness (QED) is 0.756. The minimum absolute atomic E-state index is 0. The Morgan fingerprint density at radius 2 is 1.93 bits per heavy atom. The van der Waals surface area contributed by atoms with Gasteiger partial charge < -0.3 is 19.7 Å². The summed E-state index contributed by atoms with van der Waals surface area (Å²) in [6.45, 7) is 0.365. The number of halogens is 4. The second-order valence-corrected chi connectivity index (χ2v) is 6.27. The van der Waals surface area contributed by atoms with Crippen LogP contribution in [0, 0.1) is 0 Å². The Kier molecular flexibility index (Phi) is 6.97. The number of aliphatic hydroxyl groups excluding tert-OH is 1. The van der Waals surface area contributed by atoms with Crippen molar-refractivity contribution in [2.24, 2.45) is 0 Å². The molecule has 8 heteroatoms. The molecular weight excluding hydrogens is 381 g/mol. The summed E-state index contributed by atoms with van der Waals surface area (Å²) in [5.41, 5.74) is 1.83. The van der Waals surface area contributed by atoms with Crippen LogP contribution in [0.25, 0.3) is 10.9 Å². The van der Waals surface area contributed by atoms with Crippen molar-refractivity contribution in [3.8, 4) is 0 Å². The zero-order chi connectivity index (χ0) is 18.7. The van der Waals surface area contributed by atoms with Gasteiger partial charge in [-0.3, -0.25) is 0 Å². The predicted molar refractivity (Wildman–Crippen MR) is 101 cm³/mol. The molecule has 0 saturated carbocycles. The molecule has 2 atom stereocenters. The van der Waals surface area contributed by atoms with E-state index >= 15 is 0 Å². The van der Waals surface area contributed by atoms with E-state index in [1.54, 1.807) is 13.1 Å². The fourth-order valence-electron chi connectivity index (χ4n) is 3.39.